The van der Waals surface area contributed by atoms with Crippen molar-refractivity contribution in [3.8, 4) is 0 Å². The van der Waals surface area contributed by atoms with E-state index in [0.717, 1.165) is 6.07 Å². The van der Waals surface area contributed by atoms with Gasteiger partial charge in [-0.1, -0.05) is 49.1 Å². The second-order valence-corrected chi connectivity index (χ2v) is 4.45. The molecule has 0 aliphatic rings. The van der Waals surface area contributed by atoms with Gasteiger partial charge in [-0.05, 0) is 18.2 Å². The standard InChI is InChI=1S/C17H12F3NO/c1-2-3-9-14-10-13(11-15(21-14)17(18,19)20)16(22)12-7-5-4-6-8-12/h2-11H,1H2/b9-3+. The summed E-state index contributed by atoms with van der Waals surface area (Å²) in [5.74, 6) is -0.484. The molecule has 0 aliphatic heterocycles. The molecule has 0 spiro atoms. The Kier molecular flexibility index (Phi) is 4.56. The first-order valence-electron chi connectivity index (χ1n) is 6.40. The maximum atomic E-state index is 12.9. The summed E-state index contributed by atoms with van der Waals surface area (Å²) in [7, 11) is 0. The minimum Gasteiger partial charge on any atom is -0.289 e. The van der Waals surface area contributed by atoms with Gasteiger partial charge in [0.2, 0.25) is 0 Å². The van der Waals surface area contributed by atoms with Crippen LogP contribution in [-0.2, 0) is 6.18 Å². The van der Waals surface area contributed by atoms with E-state index in [1.54, 1.807) is 30.3 Å². The molecular weight excluding hydrogens is 291 g/mol. The van der Waals surface area contributed by atoms with Crippen LogP contribution < -0.4 is 0 Å². The molecule has 2 aromatic rings. The van der Waals surface area contributed by atoms with Gasteiger partial charge in [0.05, 0.1) is 5.69 Å². The molecule has 22 heavy (non-hydrogen) atoms. The Bertz CT molecular complexity index is 718. The van der Waals surface area contributed by atoms with Gasteiger partial charge >= 0.3 is 6.18 Å². The maximum absolute atomic E-state index is 12.9. The summed E-state index contributed by atoms with van der Waals surface area (Å²) in [5, 5.41) is 0. The summed E-state index contributed by atoms with van der Waals surface area (Å²) in [6, 6.07) is 10.2. The topological polar surface area (TPSA) is 30.0 Å². The van der Waals surface area contributed by atoms with Crippen molar-refractivity contribution in [3.63, 3.8) is 0 Å². The molecule has 2 nitrogen and oxygen atoms in total. The monoisotopic (exact) mass is 303 g/mol. The highest BCUT2D eigenvalue weighted by Gasteiger charge is 2.33. The van der Waals surface area contributed by atoms with Crippen molar-refractivity contribution in [1.82, 2.24) is 4.98 Å². The Morgan fingerprint density at radius 2 is 1.77 bits per heavy atom. The molecule has 0 bridgehead atoms. The van der Waals surface area contributed by atoms with Crippen molar-refractivity contribution in [1.29, 1.82) is 0 Å². The van der Waals surface area contributed by atoms with E-state index < -0.39 is 17.7 Å². The van der Waals surface area contributed by atoms with E-state index in [2.05, 4.69) is 11.6 Å². The molecule has 2 rings (SSSR count). The van der Waals surface area contributed by atoms with Crippen LogP contribution in [0.3, 0.4) is 0 Å². The Morgan fingerprint density at radius 3 is 2.36 bits per heavy atom. The maximum Gasteiger partial charge on any atom is 0.433 e. The quantitative estimate of drug-likeness (QED) is 0.613. The molecule has 112 valence electrons. The van der Waals surface area contributed by atoms with Gasteiger partial charge in [-0.25, -0.2) is 4.98 Å². The second kappa shape index (κ2) is 6.39. The van der Waals surface area contributed by atoms with Crippen LogP contribution in [-0.4, -0.2) is 10.8 Å². The van der Waals surface area contributed by atoms with Crippen LogP contribution in [0.5, 0.6) is 0 Å². The molecule has 1 aromatic heterocycles. The van der Waals surface area contributed by atoms with Crippen LogP contribution in [0, 0.1) is 0 Å². The number of allylic oxidation sites excluding steroid dienone is 2. The summed E-state index contributed by atoms with van der Waals surface area (Å²) in [6.45, 7) is 3.45. The van der Waals surface area contributed by atoms with E-state index in [-0.39, 0.29) is 11.3 Å². The molecule has 1 heterocycles. The lowest BCUT2D eigenvalue weighted by Gasteiger charge is -2.09. The second-order valence-electron chi connectivity index (χ2n) is 4.45. The summed E-state index contributed by atoms with van der Waals surface area (Å²) in [5.41, 5.74) is -0.787. The molecule has 0 unspecified atom stereocenters. The number of pyridine rings is 1. The lowest BCUT2D eigenvalue weighted by atomic mass is 10.0. The van der Waals surface area contributed by atoms with Crippen LogP contribution in [0.15, 0.2) is 61.2 Å². The number of aromatic nitrogens is 1. The first-order valence-corrected chi connectivity index (χ1v) is 6.40. The molecular formula is C17H12F3NO. The molecule has 0 radical (unpaired) electrons. The summed E-state index contributed by atoms with van der Waals surface area (Å²) in [6.07, 6.45) is -0.381. The SMILES string of the molecule is C=C/C=C/c1cc(C(=O)c2ccccc2)cc(C(F)(F)F)n1. The first-order chi connectivity index (χ1) is 10.4. The van der Waals surface area contributed by atoms with Gasteiger partial charge in [0.25, 0.3) is 0 Å². The largest absolute Gasteiger partial charge is 0.433 e. The van der Waals surface area contributed by atoms with Crippen molar-refractivity contribution >= 4 is 11.9 Å². The molecule has 0 fully saturated rings. The number of nitrogens with zero attached hydrogens (tertiary/aromatic N) is 1. The zero-order valence-electron chi connectivity index (χ0n) is 11.5. The van der Waals surface area contributed by atoms with Crippen LogP contribution >= 0.6 is 0 Å². The third-order valence-electron chi connectivity index (χ3n) is 2.84. The van der Waals surface area contributed by atoms with E-state index >= 15 is 0 Å². The summed E-state index contributed by atoms with van der Waals surface area (Å²) < 4.78 is 38.8. The number of ketones is 1. The number of benzene rings is 1. The van der Waals surface area contributed by atoms with E-state index in [9.17, 15) is 18.0 Å². The van der Waals surface area contributed by atoms with Gasteiger partial charge in [0, 0.05) is 11.1 Å². The smallest absolute Gasteiger partial charge is 0.289 e. The molecule has 0 amide bonds. The van der Waals surface area contributed by atoms with Crippen LogP contribution in [0.2, 0.25) is 0 Å². The molecule has 0 atom stereocenters. The predicted molar refractivity (Wildman–Crippen MR) is 78.3 cm³/mol. The fraction of sp³-hybridized carbons (Fsp3) is 0.0588. The van der Waals surface area contributed by atoms with Gasteiger partial charge in [-0.2, -0.15) is 13.2 Å². The Hall–Kier alpha value is -2.69. The summed E-state index contributed by atoms with van der Waals surface area (Å²) >= 11 is 0. The Balaban J connectivity index is 2.53. The third-order valence-corrected chi connectivity index (χ3v) is 2.84. The number of carbonyl (C=O) groups is 1. The fourth-order valence-electron chi connectivity index (χ4n) is 1.84. The van der Waals surface area contributed by atoms with Crippen LogP contribution in [0.1, 0.15) is 27.3 Å². The molecule has 0 saturated carbocycles. The third kappa shape index (κ3) is 3.69. The minimum absolute atomic E-state index is 0.0500. The van der Waals surface area contributed by atoms with E-state index in [1.807, 2.05) is 0 Å². The number of alkyl halides is 3. The van der Waals surface area contributed by atoms with E-state index in [1.165, 1.54) is 24.3 Å². The van der Waals surface area contributed by atoms with Crippen LogP contribution in [0.4, 0.5) is 13.2 Å². The van der Waals surface area contributed by atoms with Crippen molar-refractivity contribution in [2.75, 3.05) is 0 Å². The molecule has 5 heteroatoms. The van der Waals surface area contributed by atoms with Crippen molar-refractivity contribution in [3.05, 3.63) is 83.7 Å². The van der Waals surface area contributed by atoms with Crippen molar-refractivity contribution in [2.45, 2.75) is 6.18 Å². The number of hydrogen-bond acceptors (Lipinski definition) is 2. The number of rotatable bonds is 4. The zero-order valence-corrected chi connectivity index (χ0v) is 11.5. The van der Waals surface area contributed by atoms with Crippen molar-refractivity contribution in [2.24, 2.45) is 0 Å². The zero-order chi connectivity index (χ0) is 16.2. The predicted octanol–water partition coefficient (Wildman–Crippen LogP) is 4.53. The van der Waals surface area contributed by atoms with E-state index in [0.29, 0.717) is 5.56 Å². The van der Waals surface area contributed by atoms with Gasteiger partial charge in [0.15, 0.2) is 5.78 Å². The average molecular weight is 303 g/mol. The lowest BCUT2D eigenvalue weighted by molar-refractivity contribution is -0.141. The molecule has 0 N–H and O–H groups in total. The van der Waals surface area contributed by atoms with Crippen molar-refractivity contribution < 1.29 is 18.0 Å². The van der Waals surface area contributed by atoms with E-state index in [4.69, 9.17) is 0 Å². The first kappa shape index (κ1) is 15.7. The molecule has 1 aromatic carbocycles. The molecule has 0 aliphatic carbocycles. The molecule has 0 saturated heterocycles. The summed E-state index contributed by atoms with van der Waals surface area (Å²) in [4.78, 5) is 15.8. The Morgan fingerprint density at radius 1 is 1.09 bits per heavy atom. The Labute approximate surface area is 125 Å². The highest BCUT2D eigenvalue weighted by Crippen LogP contribution is 2.29. The van der Waals surface area contributed by atoms with Gasteiger partial charge in [-0.15, -0.1) is 0 Å². The lowest BCUT2D eigenvalue weighted by Crippen LogP contribution is -2.12. The highest BCUT2D eigenvalue weighted by atomic mass is 19.4. The highest BCUT2D eigenvalue weighted by molar-refractivity contribution is 6.09. The minimum atomic E-state index is -4.62. The van der Waals surface area contributed by atoms with Crippen LogP contribution in [0.25, 0.3) is 6.08 Å². The fourth-order valence-corrected chi connectivity index (χ4v) is 1.84. The van der Waals surface area contributed by atoms with Gasteiger partial charge < -0.3 is 0 Å². The number of halogens is 3. The van der Waals surface area contributed by atoms with Gasteiger partial charge in [0.1, 0.15) is 5.69 Å². The normalized spacial score (nSPS) is 11.6. The number of hydrogen-bond donors (Lipinski definition) is 0. The van der Waals surface area contributed by atoms with Gasteiger partial charge in [-0.3, -0.25) is 4.79 Å². The number of carbonyl (C=O) groups excluding carboxylic acids is 1. The average Bonchev–Trinajstić information content (AvgIpc) is 2.52.